The van der Waals surface area contributed by atoms with E-state index in [1.807, 2.05) is 6.92 Å². The number of tetrazole rings is 1. The second-order valence-electron chi connectivity index (χ2n) is 3.59. The minimum absolute atomic E-state index is 0.158. The van der Waals surface area contributed by atoms with E-state index in [2.05, 4.69) is 21.0 Å². The molecule has 1 aromatic heterocycles. The van der Waals surface area contributed by atoms with Crippen LogP contribution in [0.2, 0.25) is 10.0 Å². The predicted octanol–water partition coefficient (Wildman–Crippen LogP) is 1.70. The van der Waals surface area contributed by atoms with Gasteiger partial charge in [0.25, 0.3) is 5.95 Å². The summed E-state index contributed by atoms with van der Waals surface area (Å²) in [6.45, 7) is 2.74. The van der Waals surface area contributed by atoms with Crippen LogP contribution in [-0.2, 0) is 6.54 Å². The summed E-state index contributed by atoms with van der Waals surface area (Å²) in [5.74, 6) is 0.735. The molecule has 0 aliphatic heterocycles. The van der Waals surface area contributed by atoms with E-state index in [0.29, 0.717) is 28.9 Å². The molecule has 0 spiro atoms. The monoisotopic (exact) mass is 302 g/mol. The average molecular weight is 303 g/mol. The van der Waals surface area contributed by atoms with Crippen LogP contribution >= 0.6 is 23.2 Å². The average Bonchev–Trinajstić information content (AvgIpc) is 2.76. The van der Waals surface area contributed by atoms with Gasteiger partial charge in [-0.05, 0) is 29.5 Å². The van der Waals surface area contributed by atoms with E-state index in [0.717, 1.165) is 5.56 Å². The zero-order valence-electron chi connectivity index (χ0n) is 10.1. The number of nitrogens with zero attached hydrogens (tertiary/aromatic N) is 4. The van der Waals surface area contributed by atoms with E-state index >= 15 is 0 Å². The van der Waals surface area contributed by atoms with Gasteiger partial charge in [-0.3, -0.25) is 0 Å². The first-order chi connectivity index (χ1) is 9.11. The lowest BCUT2D eigenvalue weighted by Crippen LogP contribution is -2.19. The van der Waals surface area contributed by atoms with E-state index in [9.17, 15) is 0 Å². The molecule has 102 valence electrons. The van der Waals surface area contributed by atoms with E-state index in [-0.39, 0.29) is 5.95 Å². The maximum absolute atomic E-state index is 6.10. The summed E-state index contributed by atoms with van der Waals surface area (Å²) in [5, 5.41) is 11.6. The molecule has 0 radical (unpaired) electrons. The summed E-state index contributed by atoms with van der Waals surface area (Å²) in [6.07, 6.45) is 0. The zero-order chi connectivity index (χ0) is 13.8. The number of halogens is 2. The highest BCUT2D eigenvalue weighted by Crippen LogP contribution is 2.32. The van der Waals surface area contributed by atoms with Gasteiger partial charge >= 0.3 is 0 Å². The molecule has 1 aromatic carbocycles. The summed E-state index contributed by atoms with van der Waals surface area (Å²) in [6, 6.07) is 3.38. The Bertz CT molecular complexity index is 573. The zero-order valence-corrected chi connectivity index (χ0v) is 11.6. The Morgan fingerprint density at radius 1 is 1.42 bits per heavy atom. The lowest BCUT2D eigenvalue weighted by atomic mass is 10.2. The molecule has 1 heterocycles. The fourth-order valence-electron chi connectivity index (χ4n) is 1.52. The van der Waals surface area contributed by atoms with Gasteiger partial charge in [-0.2, -0.15) is 0 Å². The Balaban J connectivity index is 2.21. The second-order valence-corrected chi connectivity index (χ2v) is 4.44. The number of nitrogens with one attached hydrogen (secondary N) is 1. The molecule has 2 aromatic rings. The largest absolute Gasteiger partial charge is 0.492 e. The van der Waals surface area contributed by atoms with Crippen LogP contribution in [0.25, 0.3) is 0 Å². The molecule has 0 bridgehead atoms. The van der Waals surface area contributed by atoms with Gasteiger partial charge in [0, 0.05) is 10.6 Å². The first-order valence-corrected chi connectivity index (χ1v) is 6.26. The summed E-state index contributed by atoms with van der Waals surface area (Å²) < 4.78 is 5.50. The lowest BCUT2D eigenvalue weighted by Gasteiger charge is -2.13. The molecule has 0 fully saturated rings. The van der Waals surface area contributed by atoms with Crippen LogP contribution in [0.4, 0.5) is 5.95 Å². The molecular weight excluding hydrogens is 291 g/mol. The van der Waals surface area contributed by atoms with Gasteiger partial charge in [-0.25, -0.2) is 0 Å². The number of nitrogens with two attached hydrogens (primary N) is 1. The van der Waals surface area contributed by atoms with Crippen LogP contribution in [-0.4, -0.2) is 26.9 Å². The molecule has 9 heteroatoms. The number of aromatic nitrogens is 4. The maximum Gasteiger partial charge on any atom is 0.260 e. The van der Waals surface area contributed by atoms with Crippen molar-refractivity contribution in [2.24, 2.45) is 0 Å². The van der Waals surface area contributed by atoms with Crippen LogP contribution < -0.4 is 15.9 Å². The number of hydrogen-bond acceptors (Lipinski definition) is 6. The molecule has 0 saturated heterocycles. The molecule has 0 unspecified atom stereocenters. The van der Waals surface area contributed by atoms with E-state index in [1.165, 1.54) is 4.79 Å². The van der Waals surface area contributed by atoms with Crippen LogP contribution in [0.5, 0.6) is 5.75 Å². The van der Waals surface area contributed by atoms with Gasteiger partial charge in [-0.1, -0.05) is 28.3 Å². The summed E-state index contributed by atoms with van der Waals surface area (Å²) in [4.78, 5) is 1.25. The molecule has 19 heavy (non-hydrogen) atoms. The van der Waals surface area contributed by atoms with Gasteiger partial charge in [0.05, 0.1) is 18.2 Å². The molecule has 0 atom stereocenters. The van der Waals surface area contributed by atoms with Crippen molar-refractivity contribution in [1.29, 1.82) is 0 Å². The molecule has 0 saturated carbocycles. The van der Waals surface area contributed by atoms with Crippen molar-refractivity contribution in [3.8, 4) is 5.75 Å². The van der Waals surface area contributed by atoms with E-state index < -0.39 is 0 Å². The van der Waals surface area contributed by atoms with Gasteiger partial charge in [0.1, 0.15) is 5.75 Å². The SMILES string of the molecule is CCOc1c(Cl)cc(Cl)cc1CNn1nnnc1N. The highest BCUT2D eigenvalue weighted by molar-refractivity contribution is 6.35. The first-order valence-electron chi connectivity index (χ1n) is 5.50. The van der Waals surface area contributed by atoms with Crippen molar-refractivity contribution < 1.29 is 4.74 Å². The van der Waals surface area contributed by atoms with Crippen LogP contribution in [0.1, 0.15) is 12.5 Å². The van der Waals surface area contributed by atoms with Crippen molar-refractivity contribution in [3.63, 3.8) is 0 Å². The minimum atomic E-state index is 0.158. The Kier molecular flexibility index (Phi) is 4.28. The number of anilines is 1. The predicted molar refractivity (Wildman–Crippen MR) is 72.9 cm³/mol. The van der Waals surface area contributed by atoms with E-state index in [1.54, 1.807) is 12.1 Å². The quantitative estimate of drug-likeness (QED) is 0.873. The molecule has 0 amide bonds. The summed E-state index contributed by atoms with van der Waals surface area (Å²) in [7, 11) is 0. The number of benzene rings is 1. The number of nitrogen functional groups attached to an aromatic ring is 1. The fourth-order valence-corrected chi connectivity index (χ4v) is 2.11. The van der Waals surface area contributed by atoms with Crippen LogP contribution in [0.15, 0.2) is 12.1 Å². The van der Waals surface area contributed by atoms with E-state index in [4.69, 9.17) is 33.7 Å². The number of ether oxygens (including phenoxy) is 1. The van der Waals surface area contributed by atoms with Crippen LogP contribution in [0, 0.1) is 0 Å². The molecule has 7 nitrogen and oxygen atoms in total. The van der Waals surface area contributed by atoms with Crippen molar-refractivity contribution in [3.05, 3.63) is 27.7 Å². The van der Waals surface area contributed by atoms with Gasteiger partial charge in [0.2, 0.25) is 0 Å². The Morgan fingerprint density at radius 3 is 2.84 bits per heavy atom. The van der Waals surface area contributed by atoms with Crippen LogP contribution in [0.3, 0.4) is 0 Å². The summed E-state index contributed by atoms with van der Waals surface area (Å²) >= 11 is 12.1. The first kappa shape index (κ1) is 13.7. The van der Waals surface area contributed by atoms with Gasteiger partial charge < -0.3 is 15.9 Å². The topological polar surface area (TPSA) is 90.9 Å². The highest BCUT2D eigenvalue weighted by Gasteiger charge is 2.11. The third-order valence-electron chi connectivity index (χ3n) is 2.29. The number of rotatable bonds is 5. The standard InChI is InChI=1S/C10H12Cl2N6O/c1-2-19-9-6(3-7(11)4-8(9)12)5-14-18-10(13)15-16-17-18/h3-4,14H,2,5H2,1H3,(H2,13,15,17). The van der Waals surface area contributed by atoms with Crippen molar-refractivity contribution in [2.45, 2.75) is 13.5 Å². The Hall–Kier alpha value is -1.73. The Labute approximate surface area is 119 Å². The molecule has 0 aliphatic rings. The molecule has 3 N–H and O–H groups in total. The third-order valence-corrected chi connectivity index (χ3v) is 2.79. The molecule has 0 aliphatic carbocycles. The number of hydrogen-bond donors (Lipinski definition) is 2. The maximum atomic E-state index is 6.10. The summed E-state index contributed by atoms with van der Waals surface area (Å²) in [5.41, 5.74) is 9.25. The van der Waals surface area contributed by atoms with Crippen molar-refractivity contribution in [2.75, 3.05) is 17.8 Å². The lowest BCUT2D eigenvalue weighted by molar-refractivity contribution is 0.337. The van der Waals surface area contributed by atoms with Gasteiger partial charge in [0.15, 0.2) is 0 Å². The minimum Gasteiger partial charge on any atom is -0.492 e. The van der Waals surface area contributed by atoms with Crippen molar-refractivity contribution in [1.82, 2.24) is 20.3 Å². The van der Waals surface area contributed by atoms with Gasteiger partial charge in [-0.15, -0.1) is 4.79 Å². The normalized spacial score (nSPS) is 10.5. The Morgan fingerprint density at radius 2 is 2.21 bits per heavy atom. The fraction of sp³-hybridized carbons (Fsp3) is 0.300. The third kappa shape index (κ3) is 3.18. The highest BCUT2D eigenvalue weighted by atomic mass is 35.5. The second kappa shape index (κ2) is 5.94. The van der Waals surface area contributed by atoms with Crippen molar-refractivity contribution >= 4 is 29.2 Å². The molecule has 2 rings (SSSR count). The smallest absolute Gasteiger partial charge is 0.260 e. The molecular formula is C10H12Cl2N6O.